The molecule has 2 fully saturated rings. The van der Waals surface area contributed by atoms with E-state index in [0.717, 1.165) is 0 Å². The summed E-state index contributed by atoms with van der Waals surface area (Å²) < 4.78 is 0. The largest absolute Gasteiger partial charge is 0.368 e. The van der Waals surface area contributed by atoms with Crippen LogP contribution >= 0.6 is 11.8 Å². The molecule has 0 spiro atoms. The van der Waals surface area contributed by atoms with Crippen molar-refractivity contribution in [3.05, 3.63) is 0 Å². The van der Waals surface area contributed by atoms with E-state index < -0.39 is 24.0 Å². The third-order valence-electron chi connectivity index (χ3n) is 4.13. The van der Waals surface area contributed by atoms with Crippen molar-refractivity contribution in [3.63, 3.8) is 0 Å². The van der Waals surface area contributed by atoms with Crippen LogP contribution in [0.25, 0.3) is 0 Å². The monoisotopic (exact) mass is 356 g/mol. The van der Waals surface area contributed by atoms with Crippen LogP contribution in [0.15, 0.2) is 0 Å². The normalized spacial score (nSPS) is 24.8. The Hall–Kier alpha value is -1.77. The van der Waals surface area contributed by atoms with Gasteiger partial charge in [-0.2, -0.15) is 0 Å². The summed E-state index contributed by atoms with van der Waals surface area (Å²) in [5.41, 5.74) is 5.36. The van der Waals surface area contributed by atoms with Crippen LogP contribution < -0.4 is 16.4 Å². The Morgan fingerprint density at radius 3 is 2.67 bits per heavy atom. The van der Waals surface area contributed by atoms with Crippen molar-refractivity contribution in [2.45, 2.75) is 51.2 Å². The fourth-order valence-electron chi connectivity index (χ4n) is 2.87. The quantitative estimate of drug-likeness (QED) is 0.574. The molecule has 134 valence electrons. The molecule has 0 bridgehead atoms. The van der Waals surface area contributed by atoms with Crippen LogP contribution in [0.5, 0.6) is 0 Å². The maximum Gasteiger partial charge on any atom is 0.246 e. The summed E-state index contributed by atoms with van der Waals surface area (Å²) in [7, 11) is 0. The van der Waals surface area contributed by atoms with Gasteiger partial charge in [0.2, 0.25) is 23.6 Å². The van der Waals surface area contributed by atoms with Gasteiger partial charge in [0.05, 0.1) is 5.88 Å². The molecule has 2 saturated heterocycles. The van der Waals surface area contributed by atoms with E-state index in [2.05, 4.69) is 10.6 Å². The van der Waals surface area contributed by atoms with Gasteiger partial charge in [0.1, 0.15) is 18.1 Å². The van der Waals surface area contributed by atoms with Crippen molar-refractivity contribution in [3.8, 4) is 0 Å². The molecule has 9 heteroatoms. The van der Waals surface area contributed by atoms with Crippen molar-refractivity contribution >= 4 is 35.4 Å². The number of nitrogens with two attached hydrogens (primary N) is 1. The number of carbonyl (C=O) groups excluding carboxylic acids is 4. The molecule has 8 nitrogen and oxygen atoms in total. The summed E-state index contributed by atoms with van der Waals surface area (Å²) in [6.45, 7) is 3.90. The Morgan fingerprint density at radius 2 is 2.12 bits per heavy atom. The van der Waals surface area contributed by atoms with Crippen molar-refractivity contribution in [1.82, 2.24) is 15.5 Å². The van der Waals surface area contributed by atoms with Crippen molar-refractivity contribution in [2.24, 2.45) is 11.7 Å². The lowest BCUT2D eigenvalue weighted by Crippen LogP contribution is -2.56. The zero-order valence-electron chi connectivity index (χ0n) is 13.9. The van der Waals surface area contributed by atoms with Gasteiger partial charge < -0.3 is 21.3 Å². The highest BCUT2D eigenvalue weighted by Crippen LogP contribution is 2.23. The summed E-state index contributed by atoms with van der Waals surface area (Å²) in [6, 6.07) is -1.96. The number of hydrogen-bond donors (Lipinski definition) is 3. The van der Waals surface area contributed by atoms with E-state index in [1.807, 2.05) is 13.8 Å². The molecule has 4 N–H and O–H groups in total. The summed E-state index contributed by atoms with van der Waals surface area (Å²) >= 11 is 1.46. The number of hydrogen-bond acceptors (Lipinski definition) is 5. The first kappa shape index (κ1) is 18.6. The minimum absolute atomic E-state index is 0.161. The van der Waals surface area contributed by atoms with E-state index in [1.165, 1.54) is 16.7 Å². The minimum Gasteiger partial charge on any atom is -0.368 e. The molecule has 3 atom stereocenters. The third-order valence-corrected chi connectivity index (χ3v) is 5.14. The third kappa shape index (κ3) is 4.40. The second-order valence-corrected chi connectivity index (χ2v) is 7.58. The molecule has 24 heavy (non-hydrogen) atoms. The van der Waals surface area contributed by atoms with E-state index in [1.54, 1.807) is 0 Å². The number of nitrogens with zero attached hydrogens (tertiary/aromatic N) is 1. The number of amides is 4. The van der Waals surface area contributed by atoms with Crippen LogP contribution in [0.1, 0.15) is 33.1 Å². The molecule has 0 aromatic heterocycles. The van der Waals surface area contributed by atoms with E-state index in [9.17, 15) is 19.2 Å². The van der Waals surface area contributed by atoms with Crippen molar-refractivity contribution in [1.29, 1.82) is 0 Å². The molecule has 2 aliphatic heterocycles. The van der Waals surface area contributed by atoms with E-state index in [-0.39, 0.29) is 23.6 Å². The summed E-state index contributed by atoms with van der Waals surface area (Å²) in [5, 5.41) is 5.33. The number of rotatable bonds is 6. The first-order valence-corrected chi connectivity index (χ1v) is 9.22. The zero-order valence-corrected chi connectivity index (χ0v) is 14.7. The molecule has 0 saturated carbocycles. The maximum absolute atomic E-state index is 12.8. The molecule has 2 heterocycles. The molecular formula is C15H24N4O4S. The van der Waals surface area contributed by atoms with Crippen LogP contribution in [0.4, 0.5) is 0 Å². The van der Waals surface area contributed by atoms with Crippen LogP contribution in [-0.4, -0.2) is 58.3 Å². The first-order valence-electron chi connectivity index (χ1n) is 8.07. The molecule has 4 amide bonds. The second kappa shape index (κ2) is 7.87. The van der Waals surface area contributed by atoms with Gasteiger partial charge in [0.25, 0.3) is 0 Å². The maximum atomic E-state index is 12.8. The van der Waals surface area contributed by atoms with Gasteiger partial charge in [-0.3, -0.25) is 19.2 Å². The minimum atomic E-state index is -0.726. The lowest BCUT2D eigenvalue weighted by atomic mass is 10.0. The Bertz CT molecular complexity index is 540. The Kier molecular flexibility index (Phi) is 6.09. The van der Waals surface area contributed by atoms with Crippen LogP contribution in [0.2, 0.25) is 0 Å². The number of thioether (sulfide) groups is 1. The lowest BCUT2D eigenvalue weighted by molar-refractivity contribution is -0.140. The van der Waals surface area contributed by atoms with Gasteiger partial charge in [-0.1, -0.05) is 13.8 Å². The van der Waals surface area contributed by atoms with Crippen LogP contribution in [0, 0.1) is 5.92 Å². The van der Waals surface area contributed by atoms with E-state index >= 15 is 0 Å². The van der Waals surface area contributed by atoms with Gasteiger partial charge in [-0.05, 0) is 18.8 Å². The van der Waals surface area contributed by atoms with E-state index in [4.69, 9.17) is 5.73 Å². The van der Waals surface area contributed by atoms with Gasteiger partial charge in [-0.25, -0.2) is 0 Å². The highest BCUT2D eigenvalue weighted by molar-refractivity contribution is 7.99. The van der Waals surface area contributed by atoms with Gasteiger partial charge >= 0.3 is 0 Å². The Balaban J connectivity index is 2.06. The molecule has 2 rings (SSSR count). The molecular weight excluding hydrogens is 332 g/mol. The first-order chi connectivity index (χ1) is 11.3. The zero-order chi connectivity index (χ0) is 17.9. The average molecular weight is 356 g/mol. The summed E-state index contributed by atoms with van der Waals surface area (Å²) in [5.74, 6) is -0.311. The van der Waals surface area contributed by atoms with E-state index in [0.29, 0.717) is 30.9 Å². The average Bonchev–Trinajstić information content (AvgIpc) is 3.13. The van der Waals surface area contributed by atoms with Gasteiger partial charge in [-0.15, -0.1) is 11.8 Å². The SMILES string of the molecule is CC(C)C[C@H](NC(=O)[C@@H]1CCC(=O)N1)C(=O)N1CSC[C@@H]1C(N)=O. The molecule has 0 aromatic carbocycles. The second-order valence-electron chi connectivity index (χ2n) is 6.58. The standard InChI is InChI=1S/C15H24N4O4S/c1-8(2)5-10(18-14(22)9-3-4-12(20)17-9)15(23)19-7-24-6-11(19)13(16)21/h8-11H,3-7H2,1-2H3,(H2,16,21)(H,17,20)(H,18,22)/t9-,10-,11+/m0/s1. The molecule has 0 radical (unpaired) electrons. The van der Waals surface area contributed by atoms with Crippen molar-refractivity contribution < 1.29 is 19.2 Å². The molecule has 0 aromatic rings. The fraction of sp³-hybridized carbons (Fsp3) is 0.733. The number of primary amides is 1. The highest BCUT2D eigenvalue weighted by Gasteiger charge is 2.38. The smallest absolute Gasteiger partial charge is 0.246 e. The van der Waals surface area contributed by atoms with Gasteiger partial charge in [0, 0.05) is 12.2 Å². The summed E-state index contributed by atoms with van der Waals surface area (Å²) in [4.78, 5) is 49.3. The number of carbonyl (C=O) groups is 4. The summed E-state index contributed by atoms with van der Waals surface area (Å²) in [6.07, 6.45) is 1.20. The Morgan fingerprint density at radius 1 is 1.42 bits per heavy atom. The van der Waals surface area contributed by atoms with Gasteiger partial charge in [0.15, 0.2) is 0 Å². The van der Waals surface area contributed by atoms with Crippen molar-refractivity contribution in [2.75, 3.05) is 11.6 Å². The molecule has 0 aliphatic carbocycles. The topological polar surface area (TPSA) is 122 Å². The lowest BCUT2D eigenvalue weighted by Gasteiger charge is -2.28. The number of nitrogens with one attached hydrogen (secondary N) is 2. The molecule has 0 unspecified atom stereocenters. The highest BCUT2D eigenvalue weighted by atomic mass is 32.2. The molecule has 2 aliphatic rings. The fourth-order valence-corrected chi connectivity index (χ4v) is 4.05. The van der Waals surface area contributed by atoms with Crippen LogP contribution in [0.3, 0.4) is 0 Å². The van der Waals surface area contributed by atoms with Crippen LogP contribution in [-0.2, 0) is 19.2 Å². The predicted molar refractivity (Wildman–Crippen MR) is 89.7 cm³/mol. The Labute approximate surface area is 145 Å². The predicted octanol–water partition coefficient (Wildman–Crippen LogP) is -0.817.